The number of carbonyl (C=O) groups excluding carboxylic acids is 2. The summed E-state index contributed by atoms with van der Waals surface area (Å²) in [5, 5.41) is 3.89. The second-order valence-electron chi connectivity index (χ2n) is 14.8. The third-order valence-electron chi connectivity index (χ3n) is 9.60. The first-order valence-corrected chi connectivity index (χ1v) is 17.7. The zero-order valence-corrected chi connectivity index (χ0v) is 29.7. The topological polar surface area (TPSA) is 74.4 Å². The molecule has 9 heteroatoms. The number of hydrogen-bond donors (Lipinski definition) is 1. The zero-order chi connectivity index (χ0) is 33.6. The number of nitrogens with one attached hydrogen (secondary N) is 1. The Labute approximate surface area is 286 Å². The van der Waals surface area contributed by atoms with Gasteiger partial charge in [0.25, 0.3) is 0 Å². The Balaban J connectivity index is 1.23. The molecule has 2 aromatic rings. The van der Waals surface area contributed by atoms with Crippen molar-refractivity contribution < 1.29 is 19.1 Å². The molecule has 0 bridgehead atoms. The van der Waals surface area contributed by atoms with Crippen LogP contribution in [0.3, 0.4) is 0 Å². The van der Waals surface area contributed by atoms with E-state index in [9.17, 15) is 9.59 Å². The molecular formula is C38H53ClN4O4. The number of piperidine rings is 1. The van der Waals surface area contributed by atoms with E-state index in [1.807, 2.05) is 64.1 Å². The highest BCUT2D eigenvalue weighted by atomic mass is 35.5. The molecule has 2 aromatic carbocycles. The van der Waals surface area contributed by atoms with Crippen molar-refractivity contribution in [2.45, 2.75) is 78.4 Å². The molecule has 47 heavy (non-hydrogen) atoms. The van der Waals surface area contributed by atoms with Crippen LogP contribution in [0.2, 0.25) is 5.02 Å². The fraction of sp³-hybridized carbons (Fsp3) is 0.579. The summed E-state index contributed by atoms with van der Waals surface area (Å²) in [6.07, 6.45) is 4.98. The Morgan fingerprint density at radius 1 is 0.979 bits per heavy atom. The third-order valence-corrected chi connectivity index (χ3v) is 9.85. The van der Waals surface area contributed by atoms with Crippen LogP contribution >= 0.6 is 11.6 Å². The first-order chi connectivity index (χ1) is 22.4. The predicted octanol–water partition coefficient (Wildman–Crippen LogP) is 7.27. The molecule has 2 aliphatic heterocycles. The van der Waals surface area contributed by atoms with Gasteiger partial charge in [0.05, 0.1) is 12.2 Å². The van der Waals surface area contributed by atoms with Gasteiger partial charge in [-0.25, -0.2) is 9.59 Å². The molecule has 1 unspecified atom stereocenters. The van der Waals surface area contributed by atoms with E-state index in [4.69, 9.17) is 21.1 Å². The molecule has 1 amide bonds. The van der Waals surface area contributed by atoms with Crippen molar-refractivity contribution in [3.05, 3.63) is 70.3 Å². The Bertz CT molecular complexity index is 1400. The van der Waals surface area contributed by atoms with E-state index in [-0.39, 0.29) is 23.5 Å². The average molecular weight is 665 g/mol. The molecule has 256 valence electrons. The monoisotopic (exact) mass is 664 g/mol. The minimum atomic E-state index is -0.498. The summed E-state index contributed by atoms with van der Waals surface area (Å²) < 4.78 is 10.7. The second kappa shape index (κ2) is 15.4. The number of ether oxygens (including phenoxy) is 2. The van der Waals surface area contributed by atoms with E-state index < -0.39 is 5.60 Å². The highest BCUT2D eigenvalue weighted by Crippen LogP contribution is 2.44. The maximum absolute atomic E-state index is 12.5. The minimum Gasteiger partial charge on any atom is -0.462 e. The van der Waals surface area contributed by atoms with Gasteiger partial charge in [-0.2, -0.15) is 0 Å². The van der Waals surface area contributed by atoms with Crippen molar-refractivity contribution in [3.63, 3.8) is 0 Å². The summed E-state index contributed by atoms with van der Waals surface area (Å²) in [6, 6.07) is 16.3. The second-order valence-corrected chi connectivity index (χ2v) is 15.3. The Morgan fingerprint density at radius 3 is 2.34 bits per heavy atom. The molecule has 2 atom stereocenters. The normalized spacial score (nSPS) is 23.0. The number of likely N-dealkylation sites (tertiary alicyclic amines) is 1. The summed E-state index contributed by atoms with van der Waals surface area (Å²) in [7, 11) is 0. The molecule has 0 spiro atoms. The van der Waals surface area contributed by atoms with Gasteiger partial charge in [-0.1, -0.05) is 36.2 Å². The lowest BCUT2D eigenvalue weighted by Gasteiger charge is -2.44. The van der Waals surface area contributed by atoms with Crippen LogP contribution in [0.15, 0.2) is 54.1 Å². The maximum Gasteiger partial charge on any atom is 0.407 e. The molecule has 2 saturated heterocycles. The van der Waals surface area contributed by atoms with Gasteiger partial charge >= 0.3 is 12.1 Å². The summed E-state index contributed by atoms with van der Waals surface area (Å²) in [5.41, 5.74) is 5.68. The summed E-state index contributed by atoms with van der Waals surface area (Å²) in [4.78, 5) is 32.1. The van der Waals surface area contributed by atoms with Crippen LogP contribution in [0.25, 0.3) is 5.57 Å². The molecule has 8 nitrogen and oxygen atoms in total. The van der Waals surface area contributed by atoms with Crippen LogP contribution in [-0.4, -0.2) is 92.5 Å². The lowest BCUT2D eigenvalue weighted by molar-refractivity contribution is 0.0451. The molecule has 2 fully saturated rings. The number of allylic oxidation sites excluding steroid dienone is 1. The van der Waals surface area contributed by atoms with Crippen molar-refractivity contribution in [2.24, 2.45) is 5.41 Å². The molecule has 3 aliphatic rings. The SMILES string of the molecule is CCOC(=O)c1ccc(N2CCN(CC3=C(c4ccc(Cl)cc4)CCC(C)(CN4CCC[C@H](NC(=O)OC(C)(C)C)C4)C3)CC2)cc1. The van der Waals surface area contributed by atoms with Crippen molar-refractivity contribution in [1.82, 2.24) is 15.1 Å². The van der Waals surface area contributed by atoms with Gasteiger partial charge in [0.15, 0.2) is 0 Å². The molecule has 1 aliphatic carbocycles. The quantitative estimate of drug-likeness (QED) is 0.283. The number of halogens is 1. The number of alkyl carbamates (subject to hydrolysis) is 1. The fourth-order valence-corrected chi connectivity index (χ4v) is 7.51. The van der Waals surface area contributed by atoms with Gasteiger partial charge in [0.2, 0.25) is 0 Å². The average Bonchev–Trinajstić information content (AvgIpc) is 3.01. The van der Waals surface area contributed by atoms with Gasteiger partial charge in [-0.05, 0) is 119 Å². The minimum absolute atomic E-state index is 0.114. The Kier molecular flexibility index (Phi) is 11.6. The fourth-order valence-electron chi connectivity index (χ4n) is 7.39. The number of anilines is 1. The maximum atomic E-state index is 12.5. The van der Waals surface area contributed by atoms with Crippen molar-refractivity contribution >= 4 is 34.9 Å². The van der Waals surface area contributed by atoms with Gasteiger partial charge in [-0.3, -0.25) is 4.90 Å². The molecule has 1 N–H and O–H groups in total. The van der Waals surface area contributed by atoms with E-state index in [0.29, 0.717) is 12.2 Å². The van der Waals surface area contributed by atoms with Gasteiger partial charge in [-0.15, -0.1) is 0 Å². The number of carbonyl (C=O) groups is 2. The smallest absolute Gasteiger partial charge is 0.407 e. The standard InChI is InChI=1S/C38H53ClN4O4/c1-6-46-35(44)29-11-15-33(16-12-29)43-22-20-41(21-23-43)25-30-24-38(5,18-17-34(30)28-9-13-31(39)14-10-28)27-42-19-7-8-32(26-42)40-36(45)47-37(2,3)4/h9-16,32H,6-8,17-27H2,1-5H3,(H,40,45)/t32-,38?/m0/s1. The summed E-state index contributed by atoms with van der Waals surface area (Å²) >= 11 is 6.28. The molecule has 5 rings (SSSR count). The first-order valence-electron chi connectivity index (χ1n) is 17.3. The predicted molar refractivity (Wildman–Crippen MR) is 190 cm³/mol. The van der Waals surface area contributed by atoms with Crippen LogP contribution in [-0.2, 0) is 9.47 Å². The van der Waals surface area contributed by atoms with Gasteiger partial charge in [0.1, 0.15) is 5.60 Å². The number of benzene rings is 2. The van der Waals surface area contributed by atoms with Crippen molar-refractivity contribution in [1.29, 1.82) is 0 Å². The van der Waals surface area contributed by atoms with E-state index in [1.165, 1.54) is 16.7 Å². The van der Waals surface area contributed by atoms with E-state index in [0.717, 1.165) is 95.2 Å². The zero-order valence-electron chi connectivity index (χ0n) is 28.9. The molecule has 0 aromatic heterocycles. The summed E-state index contributed by atoms with van der Waals surface area (Å²) in [6.45, 7) is 18.1. The van der Waals surface area contributed by atoms with E-state index in [1.54, 1.807) is 0 Å². The Morgan fingerprint density at radius 2 is 1.68 bits per heavy atom. The Hall–Kier alpha value is -3.07. The van der Waals surface area contributed by atoms with E-state index >= 15 is 0 Å². The number of amides is 1. The van der Waals surface area contributed by atoms with Crippen LogP contribution in [0.5, 0.6) is 0 Å². The van der Waals surface area contributed by atoms with Crippen LogP contribution in [0.4, 0.5) is 10.5 Å². The molecule has 0 saturated carbocycles. The highest BCUT2D eigenvalue weighted by Gasteiger charge is 2.36. The van der Waals surface area contributed by atoms with Crippen LogP contribution in [0, 0.1) is 5.41 Å². The number of esters is 1. The lowest BCUT2D eigenvalue weighted by Crippen LogP contribution is -2.51. The third kappa shape index (κ3) is 9.97. The summed E-state index contributed by atoms with van der Waals surface area (Å²) in [5.74, 6) is -0.273. The van der Waals surface area contributed by atoms with Crippen LogP contribution < -0.4 is 10.2 Å². The first kappa shape index (κ1) is 35.2. The number of piperazine rings is 1. The number of rotatable bonds is 9. The number of hydrogen-bond acceptors (Lipinski definition) is 7. The van der Waals surface area contributed by atoms with Gasteiger partial charge < -0.3 is 24.6 Å². The van der Waals surface area contributed by atoms with Crippen molar-refractivity contribution in [2.75, 3.05) is 63.9 Å². The lowest BCUT2D eigenvalue weighted by atomic mass is 9.71. The molecule has 0 radical (unpaired) electrons. The van der Waals surface area contributed by atoms with Crippen molar-refractivity contribution in [3.8, 4) is 0 Å². The largest absolute Gasteiger partial charge is 0.462 e. The van der Waals surface area contributed by atoms with Crippen LogP contribution in [0.1, 0.15) is 82.6 Å². The number of nitrogens with zero attached hydrogens (tertiary/aromatic N) is 3. The van der Waals surface area contributed by atoms with E-state index in [2.05, 4.69) is 39.1 Å². The molecular weight excluding hydrogens is 612 g/mol. The van der Waals surface area contributed by atoms with Gasteiger partial charge in [0, 0.05) is 62.6 Å². The highest BCUT2D eigenvalue weighted by molar-refractivity contribution is 6.30. The molecule has 2 heterocycles.